The number of aromatic hydroxyl groups is 1. The highest BCUT2D eigenvalue weighted by molar-refractivity contribution is 5.53. The van der Waals surface area contributed by atoms with Gasteiger partial charge in [0.1, 0.15) is 11.4 Å². The van der Waals surface area contributed by atoms with Crippen LogP contribution >= 0.6 is 0 Å². The molecule has 0 spiro atoms. The average molecular weight is 322 g/mol. The number of hydrogen-bond donors (Lipinski definition) is 1. The first-order valence-electron chi connectivity index (χ1n) is 9.10. The highest BCUT2D eigenvalue weighted by Crippen LogP contribution is 2.32. The van der Waals surface area contributed by atoms with Crippen molar-refractivity contribution in [1.29, 1.82) is 0 Å². The van der Waals surface area contributed by atoms with Crippen molar-refractivity contribution in [3.63, 3.8) is 0 Å². The largest absolute Gasteiger partial charge is 0.506 e. The van der Waals surface area contributed by atoms with E-state index in [4.69, 9.17) is 0 Å². The fourth-order valence-corrected chi connectivity index (χ4v) is 3.46. The maximum Gasteiger partial charge on any atom is 0.143 e. The number of nitrogens with zero attached hydrogens (tertiary/aromatic N) is 2. The van der Waals surface area contributed by atoms with Crippen molar-refractivity contribution in [2.24, 2.45) is 16.1 Å². The number of phenols is 1. The van der Waals surface area contributed by atoms with E-state index in [1.54, 1.807) is 6.07 Å². The van der Waals surface area contributed by atoms with Crippen molar-refractivity contribution in [3.8, 4) is 5.75 Å². The second-order valence-electron chi connectivity index (χ2n) is 6.77. The van der Waals surface area contributed by atoms with Crippen LogP contribution in [0.1, 0.15) is 50.5 Å². The molecule has 24 heavy (non-hydrogen) atoms. The molecule has 0 saturated heterocycles. The Balaban J connectivity index is 1.70. The molecule has 0 unspecified atom stereocenters. The van der Waals surface area contributed by atoms with Gasteiger partial charge in [-0.05, 0) is 42.2 Å². The third-order valence-corrected chi connectivity index (χ3v) is 4.82. The Morgan fingerprint density at radius 1 is 0.833 bits per heavy atom. The zero-order chi connectivity index (χ0) is 16.6. The number of hydrogen-bond acceptors (Lipinski definition) is 3. The molecule has 0 radical (unpaired) electrons. The van der Waals surface area contributed by atoms with Crippen molar-refractivity contribution in [2.75, 3.05) is 0 Å². The van der Waals surface area contributed by atoms with E-state index in [1.807, 2.05) is 42.5 Å². The minimum absolute atomic E-state index is 0.191. The monoisotopic (exact) mass is 322 g/mol. The van der Waals surface area contributed by atoms with E-state index in [1.165, 1.54) is 50.5 Å². The van der Waals surface area contributed by atoms with Gasteiger partial charge in [-0.3, -0.25) is 0 Å². The molecule has 126 valence electrons. The topological polar surface area (TPSA) is 45.0 Å². The minimum atomic E-state index is 0.191. The fraction of sp³-hybridized carbons (Fsp3) is 0.429. The summed E-state index contributed by atoms with van der Waals surface area (Å²) in [7, 11) is 0. The first kappa shape index (κ1) is 16.7. The second-order valence-corrected chi connectivity index (χ2v) is 6.77. The van der Waals surface area contributed by atoms with Gasteiger partial charge in [0.2, 0.25) is 0 Å². The highest BCUT2D eigenvalue weighted by atomic mass is 16.3. The molecule has 0 amide bonds. The van der Waals surface area contributed by atoms with E-state index in [0.29, 0.717) is 5.69 Å². The molecule has 1 saturated carbocycles. The zero-order valence-corrected chi connectivity index (χ0v) is 14.2. The number of azo groups is 1. The Hall–Kier alpha value is -2.16. The summed E-state index contributed by atoms with van der Waals surface area (Å²) in [6.45, 7) is 0. The second kappa shape index (κ2) is 8.62. The van der Waals surface area contributed by atoms with Crippen LogP contribution in [0.3, 0.4) is 0 Å². The van der Waals surface area contributed by atoms with Gasteiger partial charge < -0.3 is 5.11 Å². The summed E-state index contributed by atoms with van der Waals surface area (Å²) in [5, 5.41) is 18.5. The standard InChI is InChI=1S/C21H26N2O/c24-21-14-13-18(15-17-9-5-2-1-3-6-10-17)16-20(21)23-22-19-11-7-4-8-12-19/h4,7-8,11-14,16-17,24H,1-3,5-6,9-10,15H2. The lowest BCUT2D eigenvalue weighted by Gasteiger charge is -2.19. The summed E-state index contributed by atoms with van der Waals surface area (Å²) in [6.07, 6.45) is 10.6. The Morgan fingerprint density at radius 2 is 1.54 bits per heavy atom. The van der Waals surface area contributed by atoms with Gasteiger partial charge in [-0.25, -0.2) is 0 Å². The maximum absolute atomic E-state index is 10.0. The van der Waals surface area contributed by atoms with Gasteiger partial charge in [0.25, 0.3) is 0 Å². The molecule has 1 fully saturated rings. The summed E-state index contributed by atoms with van der Waals surface area (Å²) in [4.78, 5) is 0. The third-order valence-electron chi connectivity index (χ3n) is 4.82. The molecule has 3 heteroatoms. The van der Waals surface area contributed by atoms with E-state index in [0.717, 1.165) is 18.0 Å². The Kier molecular flexibility index (Phi) is 6.00. The van der Waals surface area contributed by atoms with Crippen LogP contribution in [0.4, 0.5) is 11.4 Å². The summed E-state index contributed by atoms with van der Waals surface area (Å²) in [6, 6.07) is 15.4. The van der Waals surface area contributed by atoms with Crippen LogP contribution in [0.5, 0.6) is 5.75 Å². The van der Waals surface area contributed by atoms with Crippen molar-refractivity contribution < 1.29 is 5.11 Å². The van der Waals surface area contributed by atoms with Crippen molar-refractivity contribution in [3.05, 3.63) is 54.1 Å². The highest BCUT2D eigenvalue weighted by Gasteiger charge is 2.13. The van der Waals surface area contributed by atoms with Crippen LogP contribution < -0.4 is 0 Å². The smallest absolute Gasteiger partial charge is 0.143 e. The number of benzene rings is 2. The van der Waals surface area contributed by atoms with E-state index >= 15 is 0 Å². The summed E-state index contributed by atoms with van der Waals surface area (Å²) < 4.78 is 0. The van der Waals surface area contributed by atoms with Gasteiger partial charge in [-0.1, -0.05) is 69.2 Å². The minimum Gasteiger partial charge on any atom is -0.506 e. The van der Waals surface area contributed by atoms with E-state index in [9.17, 15) is 5.11 Å². The van der Waals surface area contributed by atoms with Gasteiger partial charge in [-0.15, -0.1) is 5.11 Å². The normalized spacial score (nSPS) is 16.8. The van der Waals surface area contributed by atoms with Crippen molar-refractivity contribution >= 4 is 11.4 Å². The number of rotatable bonds is 4. The lowest BCUT2D eigenvalue weighted by molar-refractivity contribution is 0.376. The zero-order valence-electron chi connectivity index (χ0n) is 14.2. The molecule has 1 aliphatic rings. The third kappa shape index (κ3) is 4.92. The Bertz CT molecular complexity index is 659. The summed E-state index contributed by atoms with van der Waals surface area (Å²) >= 11 is 0. The van der Waals surface area contributed by atoms with Gasteiger partial charge in [0.05, 0.1) is 5.69 Å². The molecule has 2 aromatic carbocycles. The summed E-state index contributed by atoms with van der Waals surface area (Å²) in [5.41, 5.74) is 2.60. The molecule has 1 aliphatic carbocycles. The van der Waals surface area contributed by atoms with Gasteiger partial charge in [0, 0.05) is 0 Å². The van der Waals surface area contributed by atoms with Crippen molar-refractivity contribution in [1.82, 2.24) is 0 Å². The van der Waals surface area contributed by atoms with E-state index in [-0.39, 0.29) is 5.75 Å². The average Bonchev–Trinajstić information content (AvgIpc) is 2.58. The van der Waals surface area contributed by atoms with Crippen LogP contribution in [0.25, 0.3) is 0 Å². The first-order valence-corrected chi connectivity index (χ1v) is 9.10. The van der Waals surface area contributed by atoms with Crippen LogP contribution in [0.15, 0.2) is 58.8 Å². The van der Waals surface area contributed by atoms with Crippen LogP contribution in [-0.2, 0) is 6.42 Å². The molecule has 2 aromatic rings. The lowest BCUT2D eigenvalue weighted by Crippen LogP contribution is -2.07. The Morgan fingerprint density at radius 3 is 2.29 bits per heavy atom. The SMILES string of the molecule is Oc1ccc(CC2CCCCCCC2)cc1N=Nc1ccccc1. The lowest BCUT2D eigenvalue weighted by atomic mass is 9.86. The molecule has 0 aromatic heterocycles. The maximum atomic E-state index is 10.0. The number of phenolic OH excluding ortho intramolecular Hbond substituents is 1. The fourth-order valence-electron chi connectivity index (χ4n) is 3.46. The molecule has 3 nitrogen and oxygen atoms in total. The molecule has 3 rings (SSSR count). The Labute approximate surface area is 144 Å². The van der Waals surface area contributed by atoms with Crippen molar-refractivity contribution in [2.45, 2.75) is 51.4 Å². The van der Waals surface area contributed by atoms with Gasteiger partial charge in [-0.2, -0.15) is 5.11 Å². The summed E-state index contributed by atoms with van der Waals surface area (Å²) in [5.74, 6) is 0.949. The van der Waals surface area contributed by atoms with Crippen LogP contribution in [0, 0.1) is 5.92 Å². The van der Waals surface area contributed by atoms with Gasteiger partial charge >= 0.3 is 0 Å². The quantitative estimate of drug-likeness (QED) is 0.624. The predicted molar refractivity (Wildman–Crippen MR) is 98.2 cm³/mol. The molecular formula is C21H26N2O. The molecule has 0 aliphatic heterocycles. The molecule has 1 N–H and O–H groups in total. The first-order chi connectivity index (χ1) is 11.8. The molecule has 0 bridgehead atoms. The molecule has 0 atom stereocenters. The molecule has 0 heterocycles. The molecular weight excluding hydrogens is 296 g/mol. The van der Waals surface area contributed by atoms with Crippen LogP contribution in [0.2, 0.25) is 0 Å². The predicted octanol–water partition coefficient (Wildman–Crippen LogP) is 6.71. The van der Waals surface area contributed by atoms with Gasteiger partial charge in [0.15, 0.2) is 0 Å². The van der Waals surface area contributed by atoms with E-state index in [2.05, 4.69) is 10.2 Å². The van der Waals surface area contributed by atoms with Crippen LogP contribution in [-0.4, -0.2) is 5.11 Å². The van der Waals surface area contributed by atoms with E-state index < -0.39 is 0 Å².